The first kappa shape index (κ1) is 31.0. The average Bonchev–Trinajstić information content (AvgIpc) is 1.58. The topological polar surface area (TPSA) is 110 Å². The Kier molecular flexibility index (Phi) is 43.6. The summed E-state index contributed by atoms with van der Waals surface area (Å²) in [6.07, 6.45) is 0. The Labute approximate surface area is 180 Å². The molecular formula is H10Ca2Mg2O7S3. The van der Waals surface area contributed by atoms with E-state index >= 15 is 0 Å². The molecule has 7 nitrogen and oxygen atoms in total. The van der Waals surface area contributed by atoms with Gasteiger partial charge in [0.1, 0.15) is 0 Å². The fourth-order valence-corrected chi connectivity index (χ4v) is 1.16. The Balaban J connectivity index is -0.0000000675. The van der Waals surface area contributed by atoms with Crippen LogP contribution in [0.4, 0.5) is 0 Å². The molecule has 0 saturated heterocycles. The van der Waals surface area contributed by atoms with Gasteiger partial charge in [0.15, 0.2) is 0 Å². The van der Waals surface area contributed by atoms with Crippen LogP contribution in [0.3, 0.4) is 0 Å². The van der Waals surface area contributed by atoms with E-state index in [9.17, 15) is 12.6 Å². The molecule has 14 heavy (non-hydrogen) atoms. The quantitative estimate of drug-likeness (QED) is 0.388. The van der Waals surface area contributed by atoms with Crippen LogP contribution in [0.5, 0.6) is 0 Å². The van der Waals surface area contributed by atoms with Gasteiger partial charge in [0.2, 0.25) is 0 Å². The second kappa shape index (κ2) is 19.7. The van der Waals surface area contributed by atoms with Crippen LogP contribution in [0.25, 0.3) is 0 Å². The molecular weight excluding hydrogens is 337 g/mol. The Bertz CT molecular complexity index is 168. The summed E-state index contributed by atoms with van der Waals surface area (Å²) in [4.78, 5) is 0. The Morgan fingerprint density at radius 2 is 1.00 bits per heavy atom. The van der Waals surface area contributed by atoms with Crippen molar-refractivity contribution in [2.24, 2.45) is 0 Å². The Morgan fingerprint density at radius 1 is 0.786 bits per heavy atom. The third kappa shape index (κ3) is 25.3. The van der Waals surface area contributed by atoms with Crippen LogP contribution in [0.2, 0.25) is 0 Å². The third-order valence-electron chi connectivity index (χ3n) is 0.228. The van der Waals surface area contributed by atoms with E-state index in [4.69, 9.17) is 9.11 Å². The SMILES string of the molecule is O=S(O)OS(=O)OS(=O)O.[CaH2].[CaH2].[MgH2].[MgH2]. The molecule has 78 valence electrons. The Hall–Kier alpha value is 4.34. The molecule has 0 saturated carbocycles. The summed E-state index contributed by atoms with van der Waals surface area (Å²) in [6.45, 7) is 0. The van der Waals surface area contributed by atoms with Crippen molar-refractivity contribution in [2.45, 2.75) is 0 Å². The average molecular weight is 347 g/mol. The molecule has 0 rings (SSSR count). The molecule has 0 fully saturated rings. The van der Waals surface area contributed by atoms with Crippen molar-refractivity contribution in [3.8, 4) is 0 Å². The fraction of sp³-hybridized carbons (Fsp3) is 0. The first-order valence-electron chi connectivity index (χ1n) is 1.53. The molecule has 0 aromatic carbocycles. The van der Waals surface area contributed by atoms with Crippen LogP contribution in [0, 0.1) is 0 Å². The van der Waals surface area contributed by atoms with Gasteiger partial charge in [-0.2, -0.15) is 12.6 Å². The van der Waals surface area contributed by atoms with Crippen molar-refractivity contribution in [3.63, 3.8) is 0 Å². The van der Waals surface area contributed by atoms with Gasteiger partial charge in [-0.1, -0.05) is 0 Å². The van der Waals surface area contributed by atoms with E-state index < -0.39 is 34.1 Å². The van der Waals surface area contributed by atoms with Crippen LogP contribution in [-0.4, -0.2) is 143 Å². The summed E-state index contributed by atoms with van der Waals surface area (Å²) in [5.41, 5.74) is 0. The van der Waals surface area contributed by atoms with Gasteiger partial charge < -0.3 is 0 Å². The molecule has 0 heterocycles. The van der Waals surface area contributed by atoms with Gasteiger partial charge in [0.25, 0.3) is 0 Å². The van der Waals surface area contributed by atoms with Crippen molar-refractivity contribution in [3.05, 3.63) is 0 Å². The molecule has 0 aliphatic heterocycles. The van der Waals surface area contributed by atoms with Crippen molar-refractivity contribution in [1.82, 2.24) is 0 Å². The predicted octanol–water partition coefficient (Wildman–Crippen LogP) is -4.79. The summed E-state index contributed by atoms with van der Waals surface area (Å²) in [7, 11) is 0. The molecule has 2 unspecified atom stereocenters. The van der Waals surface area contributed by atoms with Gasteiger partial charge in [0, 0.05) is 0 Å². The molecule has 0 amide bonds. The third-order valence-corrected chi connectivity index (χ3v) is 2.05. The second-order valence-electron chi connectivity index (χ2n) is 0.774. The summed E-state index contributed by atoms with van der Waals surface area (Å²) >= 11 is -8.25. The molecule has 0 aromatic rings. The monoisotopic (exact) mass is 346 g/mol. The van der Waals surface area contributed by atoms with E-state index in [0.29, 0.717) is 0 Å². The van der Waals surface area contributed by atoms with Crippen molar-refractivity contribution < 1.29 is 29.0 Å². The maximum atomic E-state index is 10.0. The summed E-state index contributed by atoms with van der Waals surface area (Å²) in [5, 5.41) is 0. The van der Waals surface area contributed by atoms with Crippen molar-refractivity contribution >= 4 is 156 Å². The van der Waals surface area contributed by atoms with Gasteiger partial charge in [-0.15, -0.1) is 7.26 Å². The molecule has 0 radical (unpaired) electrons. The normalized spacial score (nSPS) is 14.1. The number of hydrogen-bond acceptors (Lipinski definition) is 5. The van der Waals surface area contributed by atoms with Crippen LogP contribution < -0.4 is 0 Å². The van der Waals surface area contributed by atoms with E-state index in [1.54, 1.807) is 0 Å². The largest absolute Gasteiger partial charge is 0.316 e. The van der Waals surface area contributed by atoms with Gasteiger partial charge in [0.05, 0.1) is 0 Å². The first-order valence-corrected chi connectivity index (χ1v) is 4.60. The minimum Gasteiger partial charge on any atom is 0.316 e. The maximum absolute atomic E-state index is 10.0. The second-order valence-corrected chi connectivity index (χ2v) is 3.14. The zero-order valence-corrected chi connectivity index (χ0v) is 6.61. The van der Waals surface area contributed by atoms with Crippen LogP contribution >= 0.6 is 0 Å². The molecule has 2 N–H and O–H groups in total. The molecule has 0 aromatic heterocycles. The molecule has 0 aliphatic carbocycles. The van der Waals surface area contributed by atoms with Crippen molar-refractivity contribution in [1.29, 1.82) is 0 Å². The minimum absolute atomic E-state index is 0. The van der Waals surface area contributed by atoms with Crippen molar-refractivity contribution in [2.75, 3.05) is 0 Å². The van der Waals surface area contributed by atoms with E-state index in [2.05, 4.69) is 7.26 Å². The van der Waals surface area contributed by atoms with Gasteiger partial charge in [-0.25, -0.2) is 0 Å². The minimum atomic E-state index is -2.78. The van der Waals surface area contributed by atoms with E-state index in [-0.39, 0.29) is 122 Å². The summed E-state index contributed by atoms with van der Waals surface area (Å²) in [6, 6.07) is 0. The molecule has 14 heteroatoms. The van der Waals surface area contributed by atoms with E-state index in [1.165, 1.54) is 0 Å². The van der Waals surface area contributed by atoms with Crippen LogP contribution in [0.15, 0.2) is 0 Å². The zero-order chi connectivity index (χ0) is 8.15. The Morgan fingerprint density at radius 3 is 1.14 bits per heavy atom. The van der Waals surface area contributed by atoms with E-state index in [0.717, 1.165) is 0 Å². The molecule has 2 atom stereocenters. The predicted molar refractivity (Wildman–Crippen MR) is 66.0 cm³/mol. The van der Waals surface area contributed by atoms with Gasteiger partial charge in [-0.05, 0) is 0 Å². The smallest absolute Gasteiger partial charge is 0.316 e. The summed E-state index contributed by atoms with van der Waals surface area (Å²) < 4.78 is 51.9. The van der Waals surface area contributed by atoms with E-state index in [1.807, 2.05) is 0 Å². The summed E-state index contributed by atoms with van der Waals surface area (Å²) in [5.74, 6) is 0. The maximum Gasteiger partial charge on any atom is 0.316 e. The molecule has 0 spiro atoms. The van der Waals surface area contributed by atoms with Gasteiger partial charge in [-0.3, -0.25) is 9.11 Å². The fourth-order valence-electron chi connectivity index (χ4n) is 0.106. The zero-order valence-electron chi connectivity index (χ0n) is 4.16. The van der Waals surface area contributed by atoms with Gasteiger partial charge >= 0.3 is 156 Å². The number of rotatable bonds is 4. The van der Waals surface area contributed by atoms with Crippen LogP contribution in [-0.2, 0) is 41.3 Å². The first-order chi connectivity index (χ1) is 4.52. The standard InChI is InChI=1S/2Ca.2Mg.H2O7S3.8H/c;;;;1-8(2)6-10(5)7-9(3)4;;;;;;;;/h;;;;(H,1,2)(H,3,4);;;;;;;;. The number of hydrogen-bond donors (Lipinski definition) is 2. The van der Waals surface area contributed by atoms with Crippen LogP contribution in [0.1, 0.15) is 0 Å². The molecule has 0 aliphatic rings. The molecule has 0 bridgehead atoms.